The molecule has 1 aromatic rings. The number of unbranched alkanes of at least 4 members (excludes halogenated alkanes) is 1. The molecule has 4 atom stereocenters. The monoisotopic (exact) mass is 537 g/mol. The number of carbonyl (C=O) groups is 5. The first-order valence-electron chi connectivity index (χ1n) is 12.4. The van der Waals surface area contributed by atoms with Gasteiger partial charge in [0.25, 0.3) is 0 Å². The van der Waals surface area contributed by atoms with Gasteiger partial charge in [0.05, 0.1) is 12.5 Å². The average Bonchev–Trinajstić information content (AvgIpc) is 2.82. The fourth-order valence-electron chi connectivity index (χ4n) is 3.63. The van der Waals surface area contributed by atoms with Crippen molar-refractivity contribution in [2.24, 2.45) is 17.4 Å². The van der Waals surface area contributed by atoms with Crippen LogP contribution in [0.1, 0.15) is 51.5 Å². The molecule has 0 aliphatic heterocycles. The second-order valence-corrected chi connectivity index (χ2v) is 9.51. The highest BCUT2D eigenvalue weighted by atomic mass is 16.4. The van der Waals surface area contributed by atoms with Crippen molar-refractivity contribution in [3.8, 4) is 5.75 Å². The fraction of sp³-hybridized carbons (Fsp3) is 0.560. The summed E-state index contributed by atoms with van der Waals surface area (Å²) >= 11 is 0. The van der Waals surface area contributed by atoms with Gasteiger partial charge in [-0.3, -0.25) is 19.2 Å². The van der Waals surface area contributed by atoms with Crippen molar-refractivity contribution in [2.75, 3.05) is 6.54 Å². The van der Waals surface area contributed by atoms with Gasteiger partial charge in [-0.2, -0.15) is 0 Å². The largest absolute Gasteiger partial charge is 0.508 e. The highest BCUT2D eigenvalue weighted by Gasteiger charge is 2.31. The lowest BCUT2D eigenvalue weighted by molar-refractivity contribution is -0.142. The number of benzene rings is 1. The topological polar surface area (TPSA) is 234 Å². The standard InChI is InChI=1S/C25H39N5O8/c1-14(2)11-19(23(35)28-18(25(37)38)5-3-4-10-26)30-24(36)20(12-15-6-8-16(31)9-7-15)29-22(34)17(27)13-21(32)33/h6-9,14,17-20,31H,3-5,10-13,26-27H2,1-2H3,(H,28,35)(H,29,34)(H,30,36)(H,32,33)(H,37,38). The van der Waals surface area contributed by atoms with Crippen LogP contribution in [0.5, 0.6) is 5.75 Å². The van der Waals surface area contributed by atoms with E-state index < -0.39 is 60.2 Å². The summed E-state index contributed by atoms with van der Waals surface area (Å²) in [7, 11) is 0. The third-order valence-corrected chi connectivity index (χ3v) is 5.64. The zero-order chi connectivity index (χ0) is 28.8. The molecule has 3 amide bonds. The van der Waals surface area contributed by atoms with Crippen LogP contribution in [0, 0.1) is 5.92 Å². The van der Waals surface area contributed by atoms with E-state index in [2.05, 4.69) is 16.0 Å². The molecule has 13 heteroatoms. The first kappa shape index (κ1) is 32.3. The summed E-state index contributed by atoms with van der Waals surface area (Å²) in [5.74, 6) is -4.87. The van der Waals surface area contributed by atoms with E-state index >= 15 is 0 Å². The van der Waals surface area contributed by atoms with Crippen LogP contribution < -0.4 is 27.4 Å². The van der Waals surface area contributed by atoms with Crippen LogP contribution in [0.25, 0.3) is 0 Å². The number of amides is 3. The van der Waals surface area contributed by atoms with Crippen molar-refractivity contribution in [1.29, 1.82) is 0 Å². The van der Waals surface area contributed by atoms with Crippen LogP contribution >= 0.6 is 0 Å². The van der Waals surface area contributed by atoms with Gasteiger partial charge in [-0.25, -0.2) is 4.79 Å². The van der Waals surface area contributed by atoms with Crippen LogP contribution in [0.3, 0.4) is 0 Å². The molecule has 0 saturated carbocycles. The maximum atomic E-state index is 13.3. The molecule has 4 unspecified atom stereocenters. The third-order valence-electron chi connectivity index (χ3n) is 5.64. The number of aliphatic carboxylic acids is 2. The van der Waals surface area contributed by atoms with Gasteiger partial charge in [0.2, 0.25) is 17.7 Å². The number of carboxylic acid groups (broad SMARTS) is 2. The van der Waals surface area contributed by atoms with E-state index in [1.165, 1.54) is 24.3 Å². The summed E-state index contributed by atoms with van der Waals surface area (Å²) < 4.78 is 0. The molecule has 0 aromatic heterocycles. The number of carboxylic acids is 2. The smallest absolute Gasteiger partial charge is 0.326 e. The summed E-state index contributed by atoms with van der Waals surface area (Å²) in [4.78, 5) is 61.4. The maximum absolute atomic E-state index is 13.3. The minimum absolute atomic E-state index is 0.00427. The van der Waals surface area contributed by atoms with Crippen molar-refractivity contribution >= 4 is 29.7 Å². The summed E-state index contributed by atoms with van der Waals surface area (Å²) in [6.45, 7) is 4.03. The molecule has 13 nitrogen and oxygen atoms in total. The number of phenols is 1. The summed E-state index contributed by atoms with van der Waals surface area (Å²) in [6, 6.07) is 0.943. The van der Waals surface area contributed by atoms with Crippen molar-refractivity contribution in [1.82, 2.24) is 16.0 Å². The van der Waals surface area contributed by atoms with Gasteiger partial charge in [-0.1, -0.05) is 26.0 Å². The van der Waals surface area contributed by atoms with E-state index in [9.17, 15) is 34.2 Å². The van der Waals surface area contributed by atoms with E-state index in [4.69, 9.17) is 16.6 Å². The number of nitrogens with two attached hydrogens (primary N) is 2. The van der Waals surface area contributed by atoms with E-state index in [0.29, 0.717) is 24.9 Å². The first-order chi connectivity index (χ1) is 17.8. The van der Waals surface area contributed by atoms with E-state index in [0.717, 1.165) is 0 Å². The highest BCUT2D eigenvalue weighted by Crippen LogP contribution is 2.13. The molecular weight excluding hydrogens is 498 g/mol. The lowest BCUT2D eigenvalue weighted by atomic mass is 10.00. The Morgan fingerprint density at radius 2 is 1.39 bits per heavy atom. The maximum Gasteiger partial charge on any atom is 0.326 e. The van der Waals surface area contributed by atoms with Gasteiger partial charge >= 0.3 is 11.9 Å². The van der Waals surface area contributed by atoms with Crippen molar-refractivity contribution < 1.29 is 39.3 Å². The second-order valence-electron chi connectivity index (χ2n) is 9.51. The molecule has 0 spiro atoms. The summed E-state index contributed by atoms with van der Waals surface area (Å²) in [5.41, 5.74) is 11.7. The van der Waals surface area contributed by atoms with Gasteiger partial charge in [-0.05, 0) is 55.8 Å². The SMILES string of the molecule is CC(C)CC(NC(=O)C(Cc1ccc(O)cc1)NC(=O)C(N)CC(=O)O)C(=O)NC(CCCCN)C(=O)O. The Morgan fingerprint density at radius 1 is 0.842 bits per heavy atom. The van der Waals surface area contributed by atoms with Crippen LogP contribution in [0.15, 0.2) is 24.3 Å². The van der Waals surface area contributed by atoms with E-state index in [-0.39, 0.29) is 30.9 Å². The molecule has 0 bridgehead atoms. The van der Waals surface area contributed by atoms with Gasteiger partial charge in [0.15, 0.2) is 0 Å². The Balaban J connectivity index is 3.11. The zero-order valence-electron chi connectivity index (χ0n) is 21.7. The number of hydrogen-bond donors (Lipinski definition) is 8. The minimum Gasteiger partial charge on any atom is -0.508 e. The fourth-order valence-corrected chi connectivity index (χ4v) is 3.63. The van der Waals surface area contributed by atoms with E-state index in [1.807, 2.05) is 13.8 Å². The van der Waals surface area contributed by atoms with Crippen molar-refractivity contribution in [2.45, 2.75) is 76.5 Å². The zero-order valence-corrected chi connectivity index (χ0v) is 21.7. The number of carbonyl (C=O) groups excluding carboxylic acids is 3. The predicted octanol–water partition coefficient (Wildman–Crippen LogP) is -0.549. The number of aromatic hydroxyl groups is 1. The van der Waals surface area contributed by atoms with Gasteiger partial charge in [0, 0.05) is 6.42 Å². The summed E-state index contributed by atoms with van der Waals surface area (Å²) in [6.07, 6.45) is 0.733. The number of nitrogens with one attached hydrogen (secondary N) is 3. The van der Waals surface area contributed by atoms with Crippen molar-refractivity contribution in [3.63, 3.8) is 0 Å². The molecular formula is C25H39N5O8. The minimum atomic E-state index is -1.41. The number of phenolic OH excluding ortho intramolecular Hbond substituents is 1. The number of hydrogen-bond acceptors (Lipinski definition) is 8. The van der Waals surface area contributed by atoms with Crippen molar-refractivity contribution in [3.05, 3.63) is 29.8 Å². The van der Waals surface area contributed by atoms with Gasteiger partial charge in [0.1, 0.15) is 23.9 Å². The molecule has 38 heavy (non-hydrogen) atoms. The molecule has 0 saturated heterocycles. The molecule has 10 N–H and O–H groups in total. The highest BCUT2D eigenvalue weighted by molar-refractivity contribution is 5.94. The Hall–Kier alpha value is -3.71. The lowest BCUT2D eigenvalue weighted by Gasteiger charge is -2.26. The molecule has 0 fully saturated rings. The number of rotatable bonds is 17. The van der Waals surface area contributed by atoms with Gasteiger partial charge < -0.3 is 42.7 Å². The third kappa shape index (κ3) is 12.0. The Labute approximate surface area is 221 Å². The van der Waals surface area contributed by atoms with Gasteiger partial charge in [-0.15, -0.1) is 0 Å². The molecule has 212 valence electrons. The van der Waals surface area contributed by atoms with Crippen LogP contribution in [-0.4, -0.2) is 75.7 Å². The molecule has 1 rings (SSSR count). The normalized spacial score (nSPS) is 14.1. The molecule has 0 radical (unpaired) electrons. The first-order valence-corrected chi connectivity index (χ1v) is 12.4. The molecule has 0 aliphatic carbocycles. The summed E-state index contributed by atoms with van der Waals surface area (Å²) in [5, 5.41) is 35.5. The second kappa shape index (κ2) is 16.2. The Bertz CT molecular complexity index is 954. The Kier molecular flexibility index (Phi) is 13.8. The van der Waals surface area contributed by atoms with Crippen LogP contribution in [0.4, 0.5) is 0 Å². The molecule has 0 aliphatic rings. The molecule has 0 heterocycles. The van der Waals surface area contributed by atoms with E-state index in [1.54, 1.807) is 0 Å². The molecule has 1 aromatic carbocycles. The quantitative estimate of drug-likeness (QED) is 0.118. The predicted molar refractivity (Wildman–Crippen MR) is 138 cm³/mol. The Morgan fingerprint density at radius 3 is 1.92 bits per heavy atom. The van der Waals surface area contributed by atoms with Crippen LogP contribution in [-0.2, 0) is 30.4 Å². The lowest BCUT2D eigenvalue weighted by Crippen LogP contribution is -2.58. The average molecular weight is 538 g/mol. The van der Waals surface area contributed by atoms with Crippen LogP contribution in [0.2, 0.25) is 0 Å².